The molecule has 1 aliphatic carbocycles. The van der Waals surface area contributed by atoms with Crippen molar-refractivity contribution in [1.82, 2.24) is 5.32 Å². The Balaban J connectivity index is 1.66. The number of carbonyl (C=O) groups excluding carboxylic acids is 2. The standard InChI is InChI=1S/C22H25NO3/c1-14(16-11-7-9-15-8-5-6-10-17(15)16)23-18(24)22-13-12-21(4,19(25)26-22)20(22,2)3/h5-11,14H,12-13H2,1-4H3,(H,23,24)/t14-,21-,22+/m0/s1. The fraction of sp³-hybridized carbons (Fsp3) is 0.455. The first-order chi connectivity index (χ1) is 12.2. The Kier molecular flexibility index (Phi) is 3.49. The van der Waals surface area contributed by atoms with Crippen molar-refractivity contribution in [3.05, 3.63) is 48.0 Å². The van der Waals surface area contributed by atoms with E-state index in [1.165, 1.54) is 0 Å². The minimum absolute atomic E-state index is 0.176. The van der Waals surface area contributed by atoms with Crippen LogP contribution in [0, 0.1) is 10.8 Å². The van der Waals surface area contributed by atoms with Gasteiger partial charge < -0.3 is 10.1 Å². The van der Waals surface area contributed by atoms with Crippen molar-refractivity contribution in [1.29, 1.82) is 0 Å². The molecule has 1 saturated heterocycles. The third kappa shape index (κ3) is 1.96. The predicted molar refractivity (Wildman–Crippen MR) is 100 cm³/mol. The van der Waals surface area contributed by atoms with Crippen LogP contribution in [-0.2, 0) is 14.3 Å². The first-order valence-corrected chi connectivity index (χ1v) is 9.25. The van der Waals surface area contributed by atoms with E-state index in [9.17, 15) is 9.59 Å². The van der Waals surface area contributed by atoms with E-state index in [1.807, 2.05) is 52.0 Å². The monoisotopic (exact) mass is 351 g/mol. The molecule has 1 aliphatic heterocycles. The molecule has 4 heteroatoms. The van der Waals surface area contributed by atoms with Crippen molar-refractivity contribution >= 4 is 22.6 Å². The average molecular weight is 351 g/mol. The number of benzene rings is 2. The van der Waals surface area contributed by atoms with Crippen LogP contribution in [0.3, 0.4) is 0 Å². The van der Waals surface area contributed by atoms with Gasteiger partial charge in [-0.15, -0.1) is 0 Å². The van der Waals surface area contributed by atoms with Gasteiger partial charge in [0, 0.05) is 5.41 Å². The minimum Gasteiger partial charge on any atom is -0.448 e. The topological polar surface area (TPSA) is 55.4 Å². The lowest BCUT2D eigenvalue weighted by atomic mass is 9.66. The van der Waals surface area contributed by atoms with Crippen molar-refractivity contribution in [3.8, 4) is 0 Å². The molecule has 2 aliphatic rings. The highest BCUT2D eigenvalue weighted by Gasteiger charge is 2.75. The van der Waals surface area contributed by atoms with Crippen LogP contribution in [0.25, 0.3) is 10.8 Å². The fourth-order valence-corrected chi connectivity index (χ4v) is 4.77. The Morgan fingerprint density at radius 1 is 1.08 bits per heavy atom. The van der Waals surface area contributed by atoms with Gasteiger partial charge in [-0.2, -0.15) is 0 Å². The SMILES string of the molecule is C[C@H](NC(=O)[C@@]12CC[C@@](C)(C(=O)O1)C2(C)C)c1cccc2ccccc12. The van der Waals surface area contributed by atoms with E-state index in [1.54, 1.807) is 0 Å². The second-order valence-electron chi connectivity index (χ2n) is 8.44. The van der Waals surface area contributed by atoms with Crippen LogP contribution < -0.4 is 5.32 Å². The summed E-state index contributed by atoms with van der Waals surface area (Å²) in [5.41, 5.74) is -1.12. The number of rotatable bonds is 3. The number of ether oxygens (including phenoxy) is 1. The van der Waals surface area contributed by atoms with Crippen LogP contribution in [0.2, 0.25) is 0 Å². The Morgan fingerprint density at radius 3 is 2.42 bits per heavy atom. The molecule has 0 unspecified atom stereocenters. The van der Waals surface area contributed by atoms with Gasteiger partial charge in [-0.05, 0) is 43.0 Å². The number of amides is 1. The average Bonchev–Trinajstić information content (AvgIpc) is 2.91. The van der Waals surface area contributed by atoms with E-state index in [0.717, 1.165) is 16.3 Å². The molecule has 2 aromatic rings. The summed E-state index contributed by atoms with van der Waals surface area (Å²) in [6, 6.07) is 14.1. The summed E-state index contributed by atoms with van der Waals surface area (Å²) in [7, 11) is 0. The zero-order chi connectivity index (χ0) is 18.7. The predicted octanol–water partition coefficient (Wildman–Crippen LogP) is 4.14. The first-order valence-electron chi connectivity index (χ1n) is 9.25. The van der Waals surface area contributed by atoms with Gasteiger partial charge in [-0.3, -0.25) is 9.59 Å². The lowest BCUT2D eigenvalue weighted by molar-refractivity contribution is -0.168. The Labute approximate surface area is 153 Å². The van der Waals surface area contributed by atoms with E-state index < -0.39 is 16.4 Å². The number of nitrogens with one attached hydrogen (secondary N) is 1. The highest BCUT2D eigenvalue weighted by Crippen LogP contribution is 2.65. The molecule has 3 atom stereocenters. The summed E-state index contributed by atoms with van der Waals surface area (Å²) >= 11 is 0. The summed E-state index contributed by atoms with van der Waals surface area (Å²) in [6.45, 7) is 7.86. The number of esters is 1. The van der Waals surface area contributed by atoms with Gasteiger partial charge in [-0.1, -0.05) is 56.3 Å². The molecule has 1 saturated carbocycles. The van der Waals surface area contributed by atoms with Crippen LogP contribution in [0.4, 0.5) is 0 Å². The van der Waals surface area contributed by atoms with E-state index in [2.05, 4.69) is 23.5 Å². The highest BCUT2D eigenvalue weighted by atomic mass is 16.6. The van der Waals surface area contributed by atoms with Crippen molar-refractivity contribution < 1.29 is 14.3 Å². The van der Waals surface area contributed by atoms with Gasteiger partial charge in [0.2, 0.25) is 0 Å². The third-order valence-electron chi connectivity index (χ3n) is 7.09. The Morgan fingerprint density at radius 2 is 1.77 bits per heavy atom. The van der Waals surface area contributed by atoms with Crippen molar-refractivity contribution in [2.75, 3.05) is 0 Å². The maximum atomic E-state index is 13.3. The van der Waals surface area contributed by atoms with Crippen LogP contribution in [-0.4, -0.2) is 17.5 Å². The highest BCUT2D eigenvalue weighted by molar-refractivity contribution is 5.96. The molecule has 2 fully saturated rings. The molecule has 2 aromatic carbocycles. The molecule has 1 heterocycles. The molecule has 4 rings (SSSR count). The fourth-order valence-electron chi connectivity index (χ4n) is 4.77. The van der Waals surface area contributed by atoms with Crippen LogP contribution in [0.15, 0.2) is 42.5 Å². The van der Waals surface area contributed by atoms with Gasteiger partial charge in [0.05, 0.1) is 11.5 Å². The molecule has 0 radical (unpaired) electrons. The third-order valence-corrected chi connectivity index (χ3v) is 7.09. The zero-order valence-corrected chi connectivity index (χ0v) is 15.8. The molecule has 0 aromatic heterocycles. The molecule has 2 bridgehead atoms. The van der Waals surface area contributed by atoms with E-state index in [0.29, 0.717) is 12.8 Å². The summed E-state index contributed by atoms with van der Waals surface area (Å²) < 4.78 is 5.70. The van der Waals surface area contributed by atoms with Gasteiger partial charge in [-0.25, -0.2) is 0 Å². The van der Waals surface area contributed by atoms with E-state index in [-0.39, 0.29) is 17.9 Å². The lowest BCUT2D eigenvalue weighted by Crippen LogP contribution is -2.53. The van der Waals surface area contributed by atoms with Crippen molar-refractivity contribution in [2.24, 2.45) is 10.8 Å². The second kappa shape index (κ2) is 5.32. The van der Waals surface area contributed by atoms with Gasteiger partial charge in [0.15, 0.2) is 5.60 Å². The quantitative estimate of drug-likeness (QED) is 0.846. The Bertz CT molecular complexity index is 913. The van der Waals surface area contributed by atoms with Gasteiger partial charge >= 0.3 is 5.97 Å². The van der Waals surface area contributed by atoms with Gasteiger partial charge in [0.1, 0.15) is 0 Å². The zero-order valence-electron chi connectivity index (χ0n) is 15.8. The van der Waals surface area contributed by atoms with Crippen molar-refractivity contribution in [3.63, 3.8) is 0 Å². The van der Waals surface area contributed by atoms with E-state index >= 15 is 0 Å². The maximum Gasteiger partial charge on any atom is 0.313 e. The number of hydrogen-bond donors (Lipinski definition) is 1. The smallest absolute Gasteiger partial charge is 0.313 e. The molecule has 0 spiro atoms. The number of fused-ring (bicyclic) bond motifs is 3. The molecule has 4 nitrogen and oxygen atoms in total. The molecule has 1 N–H and O–H groups in total. The summed E-state index contributed by atoms with van der Waals surface area (Å²) in [6.07, 6.45) is 1.27. The Hall–Kier alpha value is -2.36. The van der Waals surface area contributed by atoms with Crippen LogP contribution >= 0.6 is 0 Å². The molecular formula is C22H25NO3. The van der Waals surface area contributed by atoms with Crippen molar-refractivity contribution in [2.45, 2.75) is 52.2 Å². The molecule has 136 valence electrons. The summed E-state index contributed by atoms with van der Waals surface area (Å²) in [5.74, 6) is -0.431. The lowest BCUT2D eigenvalue weighted by Gasteiger charge is -2.36. The first kappa shape index (κ1) is 17.1. The van der Waals surface area contributed by atoms with Crippen LogP contribution in [0.5, 0.6) is 0 Å². The molecular weight excluding hydrogens is 326 g/mol. The minimum atomic E-state index is -1.07. The van der Waals surface area contributed by atoms with E-state index in [4.69, 9.17) is 4.74 Å². The maximum absolute atomic E-state index is 13.3. The number of hydrogen-bond acceptors (Lipinski definition) is 3. The second-order valence-corrected chi connectivity index (χ2v) is 8.44. The number of carbonyl (C=O) groups is 2. The normalized spacial score (nSPS) is 30.2. The summed E-state index contributed by atoms with van der Waals surface area (Å²) in [5, 5.41) is 5.39. The van der Waals surface area contributed by atoms with Crippen LogP contribution in [0.1, 0.15) is 52.1 Å². The molecule has 26 heavy (non-hydrogen) atoms. The molecule has 1 amide bonds. The summed E-state index contributed by atoms with van der Waals surface area (Å²) in [4.78, 5) is 25.7. The van der Waals surface area contributed by atoms with Gasteiger partial charge in [0.25, 0.3) is 5.91 Å². The largest absolute Gasteiger partial charge is 0.448 e.